The van der Waals surface area contributed by atoms with Crippen molar-refractivity contribution in [2.75, 3.05) is 11.9 Å². The summed E-state index contributed by atoms with van der Waals surface area (Å²) in [6.07, 6.45) is 1.50. The highest BCUT2D eigenvalue weighted by molar-refractivity contribution is 6.37. The van der Waals surface area contributed by atoms with Crippen molar-refractivity contribution in [2.24, 2.45) is 0 Å². The van der Waals surface area contributed by atoms with Crippen molar-refractivity contribution < 1.29 is 18.8 Å². The van der Waals surface area contributed by atoms with Crippen molar-refractivity contribution in [2.45, 2.75) is 6.54 Å². The van der Waals surface area contributed by atoms with Gasteiger partial charge in [0.1, 0.15) is 5.82 Å². The number of nitrogens with zero attached hydrogens (tertiary/aromatic N) is 1. The summed E-state index contributed by atoms with van der Waals surface area (Å²) < 4.78 is 13.0. The van der Waals surface area contributed by atoms with E-state index in [2.05, 4.69) is 5.32 Å². The molecule has 32 heavy (non-hydrogen) atoms. The van der Waals surface area contributed by atoms with E-state index in [-0.39, 0.29) is 35.0 Å². The maximum Gasteiger partial charge on any atom is 0.262 e. The molecule has 0 aliphatic carbocycles. The number of nitrogens with one attached hydrogen (secondary N) is 1. The molecule has 0 radical (unpaired) electrons. The zero-order valence-electron chi connectivity index (χ0n) is 17.1. The Bertz CT molecular complexity index is 1270. The molecule has 0 bridgehead atoms. The predicted octanol–water partition coefficient (Wildman–Crippen LogP) is 4.65. The Kier molecular flexibility index (Phi) is 5.88. The number of hydrogen-bond acceptors (Lipinski definition) is 3. The van der Waals surface area contributed by atoms with Crippen molar-refractivity contribution in [3.05, 3.63) is 105 Å². The number of fused-ring (bicyclic) bond motifs is 1. The van der Waals surface area contributed by atoms with Gasteiger partial charge in [0.2, 0.25) is 5.78 Å². The number of carbonyl (C=O) groups excluding carboxylic acids is 3. The van der Waals surface area contributed by atoms with Gasteiger partial charge in [0, 0.05) is 29.7 Å². The molecular formula is C25H18ClFN2O3. The molecule has 3 aromatic rings. The van der Waals surface area contributed by atoms with Crippen LogP contribution in [0.2, 0.25) is 5.02 Å². The standard InChI is InChI=1S/C25H18ClFN2O3/c1-29-22-10-7-17(24(31)28-14-15-5-8-19(27)9-6-15)13-20(22)23(30)21(25(29)32)12-16-3-2-4-18(26)11-16/h2-13H,14H2,1H3,(H,28,31)/b21-12+. The summed E-state index contributed by atoms with van der Waals surface area (Å²) in [7, 11) is 1.58. The normalized spacial score (nSPS) is 14.5. The van der Waals surface area contributed by atoms with Crippen molar-refractivity contribution in [3.8, 4) is 0 Å². The molecule has 0 aromatic heterocycles. The zero-order chi connectivity index (χ0) is 22.8. The van der Waals surface area contributed by atoms with Gasteiger partial charge in [0.25, 0.3) is 11.8 Å². The van der Waals surface area contributed by atoms with Crippen molar-refractivity contribution in [1.82, 2.24) is 5.32 Å². The monoisotopic (exact) mass is 448 g/mol. The fourth-order valence-corrected chi connectivity index (χ4v) is 3.66. The maximum atomic E-state index is 13.1. The summed E-state index contributed by atoms with van der Waals surface area (Å²) in [5, 5.41) is 3.24. The number of halogens is 2. The molecule has 0 saturated heterocycles. The molecule has 1 aliphatic heterocycles. The lowest BCUT2D eigenvalue weighted by Gasteiger charge is -2.27. The van der Waals surface area contributed by atoms with Crippen LogP contribution in [0.4, 0.5) is 10.1 Å². The first-order chi connectivity index (χ1) is 15.3. The van der Waals surface area contributed by atoms with Gasteiger partial charge in [-0.2, -0.15) is 0 Å². The number of amides is 2. The number of anilines is 1. The van der Waals surface area contributed by atoms with Crippen LogP contribution in [-0.4, -0.2) is 24.6 Å². The Labute approximate surface area is 189 Å². The predicted molar refractivity (Wildman–Crippen MR) is 121 cm³/mol. The lowest BCUT2D eigenvalue weighted by Crippen LogP contribution is -2.37. The fraction of sp³-hybridized carbons (Fsp3) is 0.0800. The second-order valence-corrected chi connectivity index (χ2v) is 7.78. The third-order valence-corrected chi connectivity index (χ3v) is 5.41. The second kappa shape index (κ2) is 8.77. The van der Waals surface area contributed by atoms with Gasteiger partial charge in [-0.15, -0.1) is 0 Å². The fourth-order valence-electron chi connectivity index (χ4n) is 3.46. The van der Waals surface area contributed by atoms with E-state index in [9.17, 15) is 18.8 Å². The molecule has 0 unspecified atom stereocenters. The summed E-state index contributed by atoms with van der Waals surface area (Å²) >= 11 is 6.01. The molecule has 1 N–H and O–H groups in total. The van der Waals surface area contributed by atoms with Gasteiger partial charge >= 0.3 is 0 Å². The minimum atomic E-state index is -0.462. The van der Waals surface area contributed by atoms with Gasteiger partial charge < -0.3 is 10.2 Å². The van der Waals surface area contributed by atoms with Crippen LogP contribution in [0.3, 0.4) is 0 Å². The first kappa shape index (κ1) is 21.5. The summed E-state index contributed by atoms with van der Waals surface area (Å²) in [6.45, 7) is 0.211. The Morgan fingerprint density at radius 2 is 1.81 bits per heavy atom. The molecule has 7 heteroatoms. The number of hydrogen-bond donors (Lipinski definition) is 1. The van der Waals surface area contributed by atoms with Gasteiger partial charge in [-0.1, -0.05) is 35.9 Å². The highest BCUT2D eigenvalue weighted by Crippen LogP contribution is 2.31. The minimum absolute atomic E-state index is 0.00821. The molecule has 4 rings (SSSR count). The first-order valence-electron chi connectivity index (χ1n) is 9.80. The van der Waals surface area contributed by atoms with Crippen LogP contribution in [0.15, 0.2) is 72.3 Å². The van der Waals surface area contributed by atoms with Gasteiger partial charge in [0.15, 0.2) is 0 Å². The molecular weight excluding hydrogens is 431 g/mol. The topological polar surface area (TPSA) is 66.5 Å². The first-order valence-corrected chi connectivity index (χ1v) is 10.2. The Balaban J connectivity index is 1.61. The number of likely N-dealkylation sites (N-methyl/N-ethyl adjacent to an activating group) is 1. The molecule has 0 atom stereocenters. The van der Waals surface area contributed by atoms with Crippen LogP contribution in [0.25, 0.3) is 6.08 Å². The molecule has 2 amide bonds. The number of benzene rings is 3. The van der Waals surface area contributed by atoms with Gasteiger partial charge in [0.05, 0.1) is 11.3 Å². The van der Waals surface area contributed by atoms with E-state index >= 15 is 0 Å². The maximum absolute atomic E-state index is 13.1. The van der Waals surface area contributed by atoms with E-state index in [0.717, 1.165) is 5.56 Å². The summed E-state index contributed by atoms with van der Waals surface area (Å²) in [4.78, 5) is 39.9. The highest BCUT2D eigenvalue weighted by Gasteiger charge is 2.33. The average molecular weight is 449 g/mol. The Morgan fingerprint density at radius 1 is 1.06 bits per heavy atom. The number of ketones is 1. The van der Waals surface area contributed by atoms with Crippen LogP contribution in [0.5, 0.6) is 0 Å². The third-order valence-electron chi connectivity index (χ3n) is 5.17. The lowest BCUT2D eigenvalue weighted by molar-refractivity contribution is -0.114. The Hall–Kier alpha value is -3.77. The van der Waals surface area contributed by atoms with Crippen molar-refractivity contribution in [1.29, 1.82) is 0 Å². The molecule has 3 aromatic carbocycles. The van der Waals surface area contributed by atoms with E-state index in [0.29, 0.717) is 16.3 Å². The SMILES string of the molecule is CN1C(=O)/C(=C/c2cccc(Cl)c2)C(=O)c2cc(C(=O)NCc3ccc(F)cc3)ccc21. The van der Waals surface area contributed by atoms with E-state index < -0.39 is 11.7 Å². The van der Waals surface area contributed by atoms with Crippen molar-refractivity contribution >= 4 is 41.0 Å². The van der Waals surface area contributed by atoms with Crippen molar-refractivity contribution in [3.63, 3.8) is 0 Å². The van der Waals surface area contributed by atoms with E-state index in [4.69, 9.17) is 11.6 Å². The summed E-state index contributed by atoms with van der Waals surface area (Å²) in [5.41, 5.74) is 2.33. The van der Waals surface area contributed by atoms with E-state index in [1.807, 2.05) is 0 Å². The van der Waals surface area contributed by atoms with Crippen LogP contribution in [0.1, 0.15) is 31.8 Å². The van der Waals surface area contributed by atoms with Gasteiger partial charge in [-0.05, 0) is 59.7 Å². The second-order valence-electron chi connectivity index (χ2n) is 7.35. The third kappa shape index (κ3) is 4.31. The summed E-state index contributed by atoms with van der Waals surface area (Å²) in [5.74, 6) is -1.63. The van der Waals surface area contributed by atoms with Crippen LogP contribution >= 0.6 is 11.6 Å². The quantitative estimate of drug-likeness (QED) is 0.466. The number of carbonyl (C=O) groups is 3. The van der Waals surface area contributed by atoms with Crippen LogP contribution in [0, 0.1) is 5.82 Å². The molecule has 1 aliphatic rings. The number of rotatable bonds is 4. The highest BCUT2D eigenvalue weighted by atomic mass is 35.5. The zero-order valence-corrected chi connectivity index (χ0v) is 17.8. The van der Waals surface area contributed by atoms with Crippen LogP contribution in [-0.2, 0) is 11.3 Å². The molecule has 0 spiro atoms. The molecule has 1 heterocycles. The molecule has 160 valence electrons. The van der Waals surface area contributed by atoms with Gasteiger partial charge in [-0.3, -0.25) is 14.4 Å². The van der Waals surface area contributed by atoms with Crippen LogP contribution < -0.4 is 10.2 Å². The molecule has 0 saturated carbocycles. The van der Waals surface area contributed by atoms with Gasteiger partial charge in [-0.25, -0.2) is 4.39 Å². The smallest absolute Gasteiger partial charge is 0.262 e. The molecule has 0 fully saturated rings. The summed E-state index contributed by atoms with van der Waals surface area (Å²) in [6, 6.07) is 17.2. The van der Waals surface area contributed by atoms with E-state index in [1.54, 1.807) is 55.6 Å². The lowest BCUT2D eigenvalue weighted by atomic mass is 9.92. The Morgan fingerprint density at radius 3 is 2.53 bits per heavy atom. The largest absolute Gasteiger partial charge is 0.348 e. The molecule has 5 nitrogen and oxygen atoms in total. The number of Topliss-reactive ketones (excluding diaryl/α,β-unsaturated/α-hetero) is 1. The van der Waals surface area contributed by atoms with E-state index in [1.165, 1.54) is 29.2 Å². The average Bonchev–Trinajstić information content (AvgIpc) is 2.79. The minimum Gasteiger partial charge on any atom is -0.348 e.